The minimum atomic E-state index is -0.163. The summed E-state index contributed by atoms with van der Waals surface area (Å²) in [6.07, 6.45) is 13.5. The van der Waals surface area contributed by atoms with E-state index in [-0.39, 0.29) is 17.4 Å². The van der Waals surface area contributed by atoms with Crippen LogP contribution in [0.3, 0.4) is 0 Å². The molecule has 0 bridgehead atoms. The van der Waals surface area contributed by atoms with Crippen LogP contribution in [0.4, 0.5) is 0 Å². The summed E-state index contributed by atoms with van der Waals surface area (Å²) in [5.41, 5.74) is 3.48. The molecule has 1 aromatic carbocycles. The van der Waals surface area contributed by atoms with Crippen molar-refractivity contribution in [1.82, 2.24) is 5.32 Å². The summed E-state index contributed by atoms with van der Waals surface area (Å²) < 4.78 is 0. The van der Waals surface area contributed by atoms with Gasteiger partial charge in [0.05, 0.1) is 6.10 Å². The Kier molecular flexibility index (Phi) is 7.16. The van der Waals surface area contributed by atoms with Gasteiger partial charge in [-0.25, -0.2) is 0 Å². The largest absolute Gasteiger partial charge is 0.393 e. The first-order valence-corrected chi connectivity index (χ1v) is 17.0. The second-order valence-corrected chi connectivity index (χ2v) is 16.8. The van der Waals surface area contributed by atoms with Crippen molar-refractivity contribution < 1.29 is 9.90 Å². The van der Waals surface area contributed by atoms with Gasteiger partial charge in [-0.15, -0.1) is 0 Å². The zero-order chi connectivity index (χ0) is 29.4. The van der Waals surface area contributed by atoms with Crippen LogP contribution in [0.15, 0.2) is 42.5 Å². The lowest BCUT2D eigenvalue weighted by Crippen LogP contribution is -2.66. The molecule has 3 nitrogen and oxygen atoms in total. The molecule has 5 saturated carbocycles. The van der Waals surface area contributed by atoms with Crippen LogP contribution in [-0.2, 0) is 0 Å². The molecule has 2 N–H and O–H groups in total. The Balaban J connectivity index is 1.28. The van der Waals surface area contributed by atoms with E-state index in [1.54, 1.807) is 0 Å². The first-order chi connectivity index (χ1) is 19.3. The highest BCUT2D eigenvalue weighted by Gasteiger charge is 2.70. The Morgan fingerprint density at radius 3 is 2.32 bits per heavy atom. The molecule has 5 fully saturated rings. The summed E-state index contributed by atoms with van der Waals surface area (Å²) in [5.74, 6) is 3.44. The molecule has 1 amide bonds. The number of allylic oxidation sites excluding steroid dienone is 1. The molecule has 41 heavy (non-hydrogen) atoms. The van der Waals surface area contributed by atoms with E-state index in [1.807, 2.05) is 30.3 Å². The molecule has 10 atom stereocenters. The maximum absolute atomic E-state index is 12.9. The summed E-state index contributed by atoms with van der Waals surface area (Å²) in [4.78, 5) is 12.9. The third-order valence-electron chi connectivity index (χ3n) is 15.2. The smallest absolute Gasteiger partial charge is 0.251 e. The number of aliphatic hydroxyl groups excluding tert-OH is 1. The van der Waals surface area contributed by atoms with Gasteiger partial charge in [0.15, 0.2) is 0 Å². The minimum Gasteiger partial charge on any atom is -0.393 e. The summed E-state index contributed by atoms with van der Waals surface area (Å²) in [6.45, 7) is 20.4. The average molecular weight is 560 g/mol. The molecule has 3 heteroatoms. The molecular weight excluding hydrogens is 502 g/mol. The molecule has 0 unspecified atom stereocenters. The van der Waals surface area contributed by atoms with Crippen LogP contribution < -0.4 is 5.32 Å². The second-order valence-electron chi connectivity index (χ2n) is 16.8. The predicted octanol–water partition coefficient (Wildman–Crippen LogP) is 8.83. The van der Waals surface area contributed by atoms with E-state index in [2.05, 4.69) is 53.4 Å². The van der Waals surface area contributed by atoms with Crippen molar-refractivity contribution in [3.63, 3.8) is 0 Å². The van der Waals surface area contributed by atoms with E-state index in [4.69, 9.17) is 0 Å². The molecule has 0 aromatic heterocycles. The first kappa shape index (κ1) is 29.5. The Hall–Kier alpha value is -1.61. The molecule has 226 valence electrons. The van der Waals surface area contributed by atoms with Crippen molar-refractivity contribution in [1.29, 1.82) is 0 Å². The van der Waals surface area contributed by atoms with Crippen LogP contribution in [0.5, 0.6) is 0 Å². The number of carbonyl (C=O) groups is 1. The van der Waals surface area contributed by atoms with E-state index in [0.29, 0.717) is 39.4 Å². The zero-order valence-electron chi connectivity index (χ0n) is 26.9. The van der Waals surface area contributed by atoms with Gasteiger partial charge in [0.25, 0.3) is 5.91 Å². The van der Waals surface area contributed by atoms with Crippen molar-refractivity contribution in [3.8, 4) is 0 Å². The molecule has 0 aliphatic heterocycles. The third-order valence-corrected chi connectivity index (χ3v) is 15.2. The number of aliphatic hydroxyl groups is 1. The van der Waals surface area contributed by atoms with Gasteiger partial charge in [-0.05, 0) is 146 Å². The highest BCUT2D eigenvalue weighted by atomic mass is 16.3. The van der Waals surface area contributed by atoms with Gasteiger partial charge in [-0.1, -0.05) is 65.0 Å². The lowest BCUT2D eigenvalue weighted by atomic mass is 9.32. The average Bonchev–Trinajstić information content (AvgIpc) is 3.32. The number of nitrogens with one attached hydrogen (secondary N) is 1. The summed E-state index contributed by atoms with van der Waals surface area (Å²) in [7, 11) is 0. The van der Waals surface area contributed by atoms with Crippen molar-refractivity contribution in [3.05, 3.63) is 48.0 Å². The van der Waals surface area contributed by atoms with Crippen LogP contribution in [-0.4, -0.2) is 23.7 Å². The van der Waals surface area contributed by atoms with E-state index in [9.17, 15) is 9.90 Å². The van der Waals surface area contributed by atoms with Gasteiger partial charge in [0, 0.05) is 12.1 Å². The monoisotopic (exact) mass is 559 g/mol. The highest BCUT2D eigenvalue weighted by molar-refractivity contribution is 5.94. The Morgan fingerprint density at radius 1 is 0.878 bits per heavy atom. The van der Waals surface area contributed by atoms with Gasteiger partial charge < -0.3 is 10.4 Å². The number of rotatable bonds is 5. The van der Waals surface area contributed by atoms with Crippen LogP contribution in [0.2, 0.25) is 0 Å². The SMILES string of the molecule is C=C(C)[C@@H]1CC[C@]2(CCNC(=O)c3ccccc3)CC[C@]3(C)[C@H](CC[C@@H]4[C@@]5(C)CC[C@H](O)C(C)(C)[C@@H]5CC[C@]43C)[C@@H]12. The fourth-order valence-electron chi connectivity index (χ4n) is 12.8. The predicted molar refractivity (Wildman–Crippen MR) is 168 cm³/mol. The van der Waals surface area contributed by atoms with E-state index in [0.717, 1.165) is 36.8 Å². The Morgan fingerprint density at radius 2 is 1.61 bits per heavy atom. The number of carbonyl (C=O) groups excluding carboxylic acids is 1. The molecule has 5 aliphatic rings. The van der Waals surface area contributed by atoms with Crippen LogP contribution in [0.1, 0.15) is 123 Å². The van der Waals surface area contributed by atoms with Gasteiger partial charge in [0.2, 0.25) is 0 Å². The fraction of sp³-hybridized carbons (Fsp3) is 0.763. The highest BCUT2D eigenvalue weighted by Crippen LogP contribution is 2.77. The topological polar surface area (TPSA) is 49.3 Å². The standard InChI is InChI=1S/C38H57NO2/c1-25(2)27-15-20-38(23-24-39-33(41)26-11-9-8-10-12-26)22-21-36(6)28(32(27)38)13-14-30-35(5)18-17-31(40)34(3,4)29(35)16-19-37(30,36)7/h8-12,27-32,40H,1,13-24H2,2-7H3,(H,39,41)/t27-,28+,29-,30+,31-,32+,35-,36+,37+,38+/m0/s1. The lowest BCUT2D eigenvalue weighted by molar-refractivity contribution is -0.247. The molecule has 0 radical (unpaired) electrons. The number of benzene rings is 1. The number of hydrogen-bond donors (Lipinski definition) is 2. The van der Waals surface area contributed by atoms with Crippen molar-refractivity contribution in [2.24, 2.45) is 56.7 Å². The molecule has 1 aromatic rings. The molecule has 6 rings (SSSR count). The van der Waals surface area contributed by atoms with Gasteiger partial charge in [-0.3, -0.25) is 4.79 Å². The summed E-state index contributed by atoms with van der Waals surface area (Å²) >= 11 is 0. The lowest BCUT2D eigenvalue weighted by Gasteiger charge is -2.73. The third kappa shape index (κ3) is 4.17. The van der Waals surface area contributed by atoms with Crippen LogP contribution in [0, 0.1) is 56.7 Å². The van der Waals surface area contributed by atoms with E-state index < -0.39 is 0 Å². The minimum absolute atomic E-state index is 0.00842. The van der Waals surface area contributed by atoms with E-state index in [1.165, 1.54) is 63.4 Å². The van der Waals surface area contributed by atoms with Gasteiger partial charge in [-0.2, -0.15) is 0 Å². The Bertz CT molecular complexity index is 1170. The zero-order valence-corrected chi connectivity index (χ0v) is 26.9. The molecular formula is C38H57NO2. The fourth-order valence-corrected chi connectivity index (χ4v) is 12.8. The quantitative estimate of drug-likeness (QED) is 0.354. The van der Waals surface area contributed by atoms with Crippen LogP contribution >= 0.6 is 0 Å². The maximum atomic E-state index is 12.9. The molecule has 0 saturated heterocycles. The number of hydrogen-bond acceptors (Lipinski definition) is 2. The van der Waals surface area contributed by atoms with Crippen molar-refractivity contribution in [2.45, 2.75) is 118 Å². The number of amides is 1. The Labute approximate surface area is 250 Å². The first-order valence-electron chi connectivity index (χ1n) is 17.0. The normalized spacial score (nSPS) is 46.4. The van der Waals surface area contributed by atoms with Gasteiger partial charge >= 0.3 is 0 Å². The maximum Gasteiger partial charge on any atom is 0.251 e. The van der Waals surface area contributed by atoms with Gasteiger partial charge in [0.1, 0.15) is 0 Å². The van der Waals surface area contributed by atoms with E-state index >= 15 is 0 Å². The number of fused-ring (bicyclic) bond motifs is 7. The molecule has 0 spiro atoms. The second kappa shape index (κ2) is 9.96. The summed E-state index contributed by atoms with van der Waals surface area (Å²) in [5, 5.41) is 14.3. The molecule has 5 aliphatic carbocycles. The van der Waals surface area contributed by atoms with Crippen molar-refractivity contribution in [2.75, 3.05) is 6.54 Å². The van der Waals surface area contributed by atoms with Crippen molar-refractivity contribution >= 4 is 5.91 Å². The summed E-state index contributed by atoms with van der Waals surface area (Å²) in [6, 6.07) is 9.69. The molecule has 0 heterocycles. The van der Waals surface area contributed by atoms with Crippen LogP contribution in [0.25, 0.3) is 0 Å².